The maximum absolute atomic E-state index is 13.4. The van der Waals surface area contributed by atoms with Crippen LogP contribution in [0, 0.1) is 34.5 Å². The number of carbonyl (C=O) groups is 4. The zero-order valence-corrected chi connectivity index (χ0v) is 40.2. The summed E-state index contributed by atoms with van der Waals surface area (Å²) in [7, 11) is -1.25. The van der Waals surface area contributed by atoms with Gasteiger partial charge in [-0.25, -0.2) is 29.9 Å². The molecule has 2 aliphatic rings. The fourth-order valence-electron chi connectivity index (χ4n) is 8.11. The van der Waals surface area contributed by atoms with Crippen LogP contribution in [-0.2, 0) is 21.1 Å². The summed E-state index contributed by atoms with van der Waals surface area (Å²) in [6.07, 6.45) is 13.7. The van der Waals surface area contributed by atoms with Gasteiger partial charge in [0.25, 0.3) is 11.8 Å². The summed E-state index contributed by atoms with van der Waals surface area (Å²) in [6.45, 7) is 12.6. The number of nitrogens with one attached hydrogen (secondary N) is 3. The second-order valence-electron chi connectivity index (χ2n) is 18.6. The van der Waals surface area contributed by atoms with E-state index in [2.05, 4.69) is 72.3 Å². The SMILES string of the molecule is C[C@@H](NC(=O)c1c[nH]c2ncc(-c3cnc4ccccn34)nc12)C(=O)N1CC(C#N)C1.C[C@@H](NC(=O)c1cn(COCC[Si](C)(C)C)c2ncc(-c3cnc4ccccn34)nc12)C(=O)N1CC(C#N)C1. The Morgan fingerprint density at radius 2 is 1.27 bits per heavy atom. The molecule has 10 rings (SSSR count). The summed E-state index contributed by atoms with van der Waals surface area (Å²) in [5.74, 6) is -1.56. The fourth-order valence-corrected chi connectivity index (χ4v) is 8.87. The Balaban J connectivity index is 0.000000178. The van der Waals surface area contributed by atoms with Crippen molar-refractivity contribution < 1.29 is 23.9 Å². The first-order valence-corrected chi connectivity index (χ1v) is 26.5. The van der Waals surface area contributed by atoms with Crippen LogP contribution >= 0.6 is 0 Å². The Labute approximate surface area is 402 Å². The highest BCUT2D eigenvalue weighted by atomic mass is 28.3. The van der Waals surface area contributed by atoms with Gasteiger partial charge in [0, 0.05) is 65.6 Å². The molecule has 0 aliphatic carbocycles. The van der Waals surface area contributed by atoms with Gasteiger partial charge >= 0.3 is 0 Å². The van der Waals surface area contributed by atoms with E-state index in [1.807, 2.05) is 57.6 Å². The monoisotopic (exact) mass is 958 g/mol. The third-order valence-electron chi connectivity index (χ3n) is 12.2. The average molecular weight is 959 g/mol. The lowest BCUT2D eigenvalue weighted by atomic mass is 10.0. The first-order chi connectivity index (χ1) is 33.7. The predicted octanol–water partition coefficient (Wildman–Crippen LogP) is 4.53. The molecule has 0 saturated carbocycles. The number of ether oxygens (including phenoxy) is 1. The van der Waals surface area contributed by atoms with E-state index in [9.17, 15) is 19.2 Å². The maximum atomic E-state index is 13.4. The normalized spacial score (nSPS) is 14.8. The van der Waals surface area contributed by atoms with Gasteiger partial charge in [0.05, 0.1) is 71.3 Å². The number of aromatic amines is 1. The van der Waals surface area contributed by atoms with Crippen LogP contribution in [-0.4, -0.2) is 135 Å². The largest absolute Gasteiger partial charge is 0.361 e. The molecule has 21 nitrogen and oxygen atoms in total. The number of carbonyl (C=O) groups excluding carboxylic acids is 4. The Bertz CT molecular complexity index is 3380. The van der Waals surface area contributed by atoms with Crippen LogP contribution < -0.4 is 10.6 Å². The van der Waals surface area contributed by atoms with Crippen LogP contribution in [0.2, 0.25) is 25.7 Å². The van der Waals surface area contributed by atoms with Gasteiger partial charge in [-0.3, -0.25) is 28.0 Å². The van der Waals surface area contributed by atoms with Crippen LogP contribution in [0.1, 0.15) is 34.6 Å². The summed E-state index contributed by atoms with van der Waals surface area (Å²) in [6, 6.07) is 15.2. The van der Waals surface area contributed by atoms with E-state index in [4.69, 9.17) is 20.2 Å². The number of hydrogen-bond donors (Lipinski definition) is 3. The second-order valence-corrected chi connectivity index (χ2v) is 24.2. The van der Waals surface area contributed by atoms with E-state index in [1.54, 1.807) is 59.2 Å². The lowest BCUT2D eigenvalue weighted by molar-refractivity contribution is -0.138. The van der Waals surface area contributed by atoms with Crippen LogP contribution in [0.4, 0.5) is 0 Å². The van der Waals surface area contributed by atoms with Crippen molar-refractivity contribution in [1.29, 1.82) is 10.5 Å². The number of hydrogen-bond acceptors (Lipinski definition) is 13. The highest BCUT2D eigenvalue weighted by Gasteiger charge is 2.35. The lowest BCUT2D eigenvalue weighted by Gasteiger charge is -2.37. The molecular formula is C48H50N16O5Si. The highest BCUT2D eigenvalue weighted by molar-refractivity contribution is 6.76. The molecule has 10 heterocycles. The van der Waals surface area contributed by atoms with Crippen molar-refractivity contribution in [2.24, 2.45) is 11.8 Å². The number of nitriles is 2. The zero-order valence-electron chi connectivity index (χ0n) is 39.2. The molecule has 8 aromatic rings. The number of H-pyrrole nitrogens is 1. The van der Waals surface area contributed by atoms with Crippen molar-refractivity contribution >= 4 is 65.3 Å². The van der Waals surface area contributed by atoms with Crippen molar-refractivity contribution in [3.8, 4) is 34.9 Å². The van der Waals surface area contributed by atoms with Gasteiger partial charge in [-0.05, 0) is 44.2 Å². The molecule has 70 heavy (non-hydrogen) atoms. The van der Waals surface area contributed by atoms with Gasteiger partial charge in [0.2, 0.25) is 11.8 Å². The van der Waals surface area contributed by atoms with E-state index in [0.717, 1.165) is 28.7 Å². The molecule has 2 saturated heterocycles. The average Bonchev–Trinajstić information content (AvgIpc) is 4.13. The molecule has 0 spiro atoms. The Kier molecular flexibility index (Phi) is 12.9. The van der Waals surface area contributed by atoms with Crippen molar-refractivity contribution in [3.63, 3.8) is 0 Å². The van der Waals surface area contributed by atoms with E-state index >= 15 is 0 Å². The van der Waals surface area contributed by atoms with Crippen molar-refractivity contribution in [2.45, 2.75) is 58.3 Å². The number of aromatic nitrogens is 10. The fraction of sp³-hybridized carbons (Fsp3) is 0.333. The van der Waals surface area contributed by atoms with Gasteiger partial charge in [0.15, 0.2) is 11.3 Å². The summed E-state index contributed by atoms with van der Waals surface area (Å²) in [5, 5.41) is 23.4. The third-order valence-corrected chi connectivity index (χ3v) is 13.9. The minimum Gasteiger partial charge on any atom is -0.361 e. The molecule has 3 N–H and O–H groups in total. The summed E-state index contributed by atoms with van der Waals surface area (Å²) < 4.78 is 11.5. The smallest absolute Gasteiger partial charge is 0.255 e. The molecule has 0 unspecified atom stereocenters. The number of imidazole rings is 2. The minimum absolute atomic E-state index is 0.131. The maximum Gasteiger partial charge on any atom is 0.255 e. The number of nitrogens with zero attached hydrogens (tertiary/aromatic N) is 13. The molecule has 356 valence electrons. The Morgan fingerprint density at radius 3 is 1.81 bits per heavy atom. The number of amides is 4. The molecule has 0 bridgehead atoms. The summed E-state index contributed by atoms with van der Waals surface area (Å²) in [5.41, 5.74) is 6.63. The first kappa shape index (κ1) is 46.8. The van der Waals surface area contributed by atoms with Crippen LogP contribution in [0.25, 0.3) is 56.4 Å². The van der Waals surface area contributed by atoms with E-state index in [0.29, 0.717) is 77.6 Å². The summed E-state index contributed by atoms with van der Waals surface area (Å²) in [4.78, 5) is 84.9. The van der Waals surface area contributed by atoms with Gasteiger partial charge in [-0.1, -0.05) is 31.8 Å². The van der Waals surface area contributed by atoms with Crippen LogP contribution in [0.3, 0.4) is 0 Å². The molecule has 2 aliphatic heterocycles. The topological polar surface area (TPSA) is 263 Å². The molecular weight excluding hydrogens is 909 g/mol. The van der Waals surface area contributed by atoms with Gasteiger partial charge in [-0.2, -0.15) is 10.5 Å². The molecule has 2 fully saturated rings. The molecule has 0 radical (unpaired) electrons. The molecule has 8 aromatic heterocycles. The lowest BCUT2D eigenvalue weighted by Crippen LogP contribution is -2.55. The Hall–Kier alpha value is -8.34. The van der Waals surface area contributed by atoms with Crippen molar-refractivity contribution in [3.05, 3.63) is 97.1 Å². The number of fused-ring (bicyclic) bond motifs is 4. The minimum atomic E-state index is -1.25. The van der Waals surface area contributed by atoms with Gasteiger partial charge in [-0.15, -0.1) is 0 Å². The van der Waals surface area contributed by atoms with E-state index in [-0.39, 0.29) is 30.4 Å². The molecule has 22 heteroatoms. The molecule has 2 atom stereocenters. The van der Waals surface area contributed by atoms with Gasteiger partial charge < -0.3 is 34.7 Å². The third kappa shape index (κ3) is 9.54. The highest BCUT2D eigenvalue weighted by Crippen LogP contribution is 2.26. The van der Waals surface area contributed by atoms with E-state index in [1.165, 1.54) is 6.20 Å². The predicted molar refractivity (Wildman–Crippen MR) is 259 cm³/mol. The van der Waals surface area contributed by atoms with Crippen LogP contribution in [0.15, 0.2) is 86.0 Å². The first-order valence-electron chi connectivity index (χ1n) is 22.8. The summed E-state index contributed by atoms with van der Waals surface area (Å²) >= 11 is 0. The zero-order chi connectivity index (χ0) is 49.3. The van der Waals surface area contributed by atoms with E-state index < -0.39 is 32.0 Å². The van der Waals surface area contributed by atoms with Gasteiger partial charge in [0.1, 0.15) is 52.5 Å². The quantitative estimate of drug-likeness (QED) is 0.106. The van der Waals surface area contributed by atoms with Crippen LogP contribution in [0.5, 0.6) is 0 Å². The number of likely N-dealkylation sites (tertiary alicyclic amines) is 2. The standard InChI is InChI=1S/C27H32N8O3Si.C21H18N8O2/c1-18(27(37)33-14-19(11-28)15-33)31-26(36)20-16-34(17-38-9-10-39(2,3)4)25-24(20)32-21(12-30-25)22-13-29-23-7-5-6-8-35(22)23;1-12(21(31)28-10-13(6-22)11-28)26-20(30)14-7-24-19-18(14)27-15(8-25-19)16-9-23-17-4-2-3-5-29(16)17/h5-8,12-13,16,18-19H,9-10,14-15,17H2,1-4H3,(H,31,36);2-5,7-9,12-13H,10-11H2,1H3,(H,24,25)(H,26,30)/t18-;12-/m11/s1. The molecule has 4 amide bonds. The number of rotatable bonds is 13. The second kappa shape index (κ2) is 19.3. The number of pyridine rings is 2. The van der Waals surface area contributed by atoms with Crippen molar-refractivity contribution in [1.82, 2.24) is 68.7 Å². The Morgan fingerprint density at radius 1 is 0.743 bits per heavy atom. The van der Waals surface area contributed by atoms with Crippen molar-refractivity contribution in [2.75, 3.05) is 32.8 Å². The molecule has 0 aromatic carbocycles.